The minimum Gasteiger partial charge on any atom is -0.490 e. The number of aliphatic hydroxyl groups is 2. The molecule has 0 bridgehead atoms. The first-order valence-corrected chi connectivity index (χ1v) is 12.1. The Kier molecular flexibility index (Phi) is 8.43. The summed E-state index contributed by atoms with van der Waals surface area (Å²) in [6.45, 7) is 10.2. The summed E-state index contributed by atoms with van der Waals surface area (Å²) in [6, 6.07) is 5.90. The van der Waals surface area contributed by atoms with Gasteiger partial charge in [-0.3, -0.25) is 9.69 Å². The maximum Gasteiger partial charge on any atom is 0.409 e. The van der Waals surface area contributed by atoms with Crippen molar-refractivity contribution in [1.82, 2.24) is 14.7 Å². The number of rotatable bonds is 6. The molecule has 190 valence electrons. The topological polar surface area (TPSA) is 103 Å². The molecule has 1 aromatic carbocycles. The van der Waals surface area contributed by atoms with Gasteiger partial charge in [-0.15, -0.1) is 0 Å². The third-order valence-corrected chi connectivity index (χ3v) is 6.58. The molecule has 2 saturated heterocycles. The summed E-state index contributed by atoms with van der Waals surface area (Å²) in [5.41, 5.74) is -0.122. The van der Waals surface area contributed by atoms with Gasteiger partial charge in [-0.2, -0.15) is 0 Å². The average molecular weight is 478 g/mol. The summed E-state index contributed by atoms with van der Waals surface area (Å²) in [5, 5.41) is 22.8. The summed E-state index contributed by atoms with van der Waals surface area (Å²) >= 11 is 0. The fourth-order valence-electron chi connectivity index (χ4n) is 4.87. The van der Waals surface area contributed by atoms with Gasteiger partial charge in [0.25, 0.3) is 0 Å². The molecule has 34 heavy (non-hydrogen) atoms. The van der Waals surface area contributed by atoms with Gasteiger partial charge in [0.2, 0.25) is 5.91 Å². The number of β-amino-alcohol motifs (C(OH)–C–C–N with tert-alkyl or cyclic N) is 2. The summed E-state index contributed by atoms with van der Waals surface area (Å²) in [4.78, 5) is 29.4. The van der Waals surface area contributed by atoms with Crippen molar-refractivity contribution in [3.8, 4) is 5.75 Å². The third-order valence-electron chi connectivity index (χ3n) is 6.58. The molecule has 2 amide bonds. The van der Waals surface area contributed by atoms with Crippen molar-refractivity contribution in [1.29, 1.82) is 0 Å². The highest BCUT2D eigenvalue weighted by molar-refractivity contribution is 5.73. The first-order valence-electron chi connectivity index (χ1n) is 12.1. The molecule has 2 fully saturated rings. The van der Waals surface area contributed by atoms with E-state index in [1.54, 1.807) is 16.7 Å². The van der Waals surface area contributed by atoms with Crippen LogP contribution < -0.4 is 4.74 Å². The Bertz CT molecular complexity index is 850. The molecular weight excluding hydrogens is 438 g/mol. The van der Waals surface area contributed by atoms with Gasteiger partial charge in [-0.25, -0.2) is 4.79 Å². The first-order chi connectivity index (χ1) is 16.0. The fourth-order valence-corrected chi connectivity index (χ4v) is 4.87. The maximum absolute atomic E-state index is 12.2. The number of hydrogen-bond acceptors (Lipinski definition) is 7. The quantitative estimate of drug-likeness (QED) is 0.641. The second-order valence-electron chi connectivity index (χ2n) is 9.90. The third kappa shape index (κ3) is 7.07. The van der Waals surface area contributed by atoms with E-state index >= 15 is 0 Å². The Morgan fingerprint density at radius 1 is 0.941 bits per heavy atom. The summed E-state index contributed by atoms with van der Waals surface area (Å²) in [7, 11) is 0. The second kappa shape index (κ2) is 10.9. The van der Waals surface area contributed by atoms with Crippen LogP contribution >= 0.6 is 0 Å². The van der Waals surface area contributed by atoms with E-state index in [1.807, 2.05) is 30.9 Å². The molecule has 0 saturated carbocycles. The minimum atomic E-state index is -1.29. The van der Waals surface area contributed by atoms with Crippen molar-refractivity contribution < 1.29 is 29.3 Å². The molecule has 2 aliphatic rings. The monoisotopic (exact) mass is 477 g/mol. The molecule has 2 N–H and O–H groups in total. The highest BCUT2D eigenvalue weighted by Gasteiger charge is 2.41. The zero-order valence-corrected chi connectivity index (χ0v) is 20.9. The van der Waals surface area contributed by atoms with Crippen LogP contribution in [0, 0.1) is 13.8 Å². The average Bonchev–Trinajstić information content (AvgIpc) is 2.91. The molecule has 0 radical (unpaired) electrons. The number of nitrogens with zero attached hydrogens (tertiary/aromatic N) is 3. The van der Waals surface area contributed by atoms with Crippen LogP contribution in [0.5, 0.6) is 5.75 Å². The predicted octanol–water partition coefficient (Wildman–Crippen LogP) is 1.56. The Morgan fingerprint density at radius 2 is 1.59 bits per heavy atom. The van der Waals surface area contributed by atoms with Gasteiger partial charge in [-0.05, 0) is 56.9 Å². The number of benzene rings is 1. The van der Waals surface area contributed by atoms with Crippen molar-refractivity contribution in [3.63, 3.8) is 0 Å². The first kappa shape index (κ1) is 26.2. The Balaban J connectivity index is 1.67. The molecule has 0 unspecified atom stereocenters. The zero-order chi connectivity index (χ0) is 24.9. The highest BCUT2D eigenvalue weighted by atomic mass is 16.6. The zero-order valence-electron chi connectivity index (χ0n) is 20.9. The molecule has 0 aliphatic carbocycles. The van der Waals surface area contributed by atoms with Crippen LogP contribution in [0.15, 0.2) is 18.2 Å². The van der Waals surface area contributed by atoms with E-state index in [4.69, 9.17) is 9.47 Å². The molecule has 1 aromatic rings. The molecular formula is C25H39N3O6. The Morgan fingerprint density at radius 3 is 2.18 bits per heavy atom. The van der Waals surface area contributed by atoms with Gasteiger partial charge in [0.05, 0.1) is 18.8 Å². The van der Waals surface area contributed by atoms with Crippen molar-refractivity contribution in [3.05, 3.63) is 29.3 Å². The van der Waals surface area contributed by atoms with Crippen LogP contribution in [0.25, 0.3) is 0 Å². The predicted molar refractivity (Wildman–Crippen MR) is 128 cm³/mol. The Labute approximate surface area is 202 Å². The van der Waals surface area contributed by atoms with Crippen LogP contribution in [-0.4, -0.2) is 107 Å². The van der Waals surface area contributed by atoms with Crippen LogP contribution in [0.3, 0.4) is 0 Å². The lowest BCUT2D eigenvalue weighted by atomic mass is 9.90. The van der Waals surface area contributed by atoms with E-state index < -0.39 is 11.2 Å². The number of ether oxygens (including phenoxy) is 2. The number of piperidine rings is 1. The van der Waals surface area contributed by atoms with E-state index in [0.29, 0.717) is 57.9 Å². The van der Waals surface area contributed by atoms with Crippen LogP contribution in [0.1, 0.15) is 37.8 Å². The largest absolute Gasteiger partial charge is 0.490 e. The van der Waals surface area contributed by atoms with Gasteiger partial charge in [-0.1, -0.05) is 6.07 Å². The van der Waals surface area contributed by atoms with Crippen LogP contribution in [0.2, 0.25) is 0 Å². The van der Waals surface area contributed by atoms with E-state index in [0.717, 1.165) is 11.1 Å². The summed E-state index contributed by atoms with van der Waals surface area (Å²) < 4.78 is 11.1. The van der Waals surface area contributed by atoms with Gasteiger partial charge < -0.3 is 29.5 Å². The lowest BCUT2D eigenvalue weighted by Gasteiger charge is -2.41. The number of carbonyl (C=O) groups excluding carboxylic acids is 2. The smallest absolute Gasteiger partial charge is 0.409 e. The molecule has 9 heteroatoms. The minimum absolute atomic E-state index is 0.0330. The molecule has 0 aromatic heterocycles. The lowest BCUT2D eigenvalue weighted by molar-refractivity contribution is -0.132. The van der Waals surface area contributed by atoms with Gasteiger partial charge in [0.15, 0.2) is 0 Å². The lowest BCUT2D eigenvalue weighted by Crippen LogP contribution is -2.56. The SMILES string of the molecule is CCOC(=O)N1CCC(O)(CN2CCN(C(C)=O)C[C@@](O)(COc3cc(C)cc(C)c3)C2)CC1. The van der Waals surface area contributed by atoms with Gasteiger partial charge in [0, 0.05) is 46.2 Å². The number of likely N-dealkylation sites (tertiary alicyclic amines) is 1. The van der Waals surface area contributed by atoms with Crippen molar-refractivity contribution in [2.75, 3.05) is 59.0 Å². The van der Waals surface area contributed by atoms with Crippen molar-refractivity contribution >= 4 is 12.0 Å². The molecule has 1 atom stereocenters. The number of carbonyl (C=O) groups is 2. The molecule has 2 aliphatic heterocycles. The molecule has 3 rings (SSSR count). The number of hydrogen-bond donors (Lipinski definition) is 2. The highest BCUT2D eigenvalue weighted by Crippen LogP contribution is 2.26. The molecule has 0 spiro atoms. The van der Waals surface area contributed by atoms with E-state index in [2.05, 4.69) is 6.07 Å². The van der Waals surface area contributed by atoms with E-state index in [1.165, 1.54) is 6.92 Å². The van der Waals surface area contributed by atoms with Gasteiger partial charge in [0.1, 0.15) is 18.0 Å². The fraction of sp³-hybridized carbons (Fsp3) is 0.680. The van der Waals surface area contributed by atoms with Crippen molar-refractivity contribution in [2.24, 2.45) is 0 Å². The summed E-state index contributed by atoms with van der Waals surface area (Å²) in [6.07, 6.45) is 0.501. The Hall–Kier alpha value is -2.36. The number of aryl methyl sites for hydroxylation is 2. The normalized spacial score (nSPS) is 23.4. The van der Waals surface area contributed by atoms with Crippen LogP contribution in [-0.2, 0) is 9.53 Å². The number of amides is 2. The molecule has 9 nitrogen and oxygen atoms in total. The van der Waals surface area contributed by atoms with Crippen LogP contribution in [0.4, 0.5) is 4.79 Å². The standard InChI is InChI=1S/C25H39N3O6/c1-5-33-23(30)27-8-6-24(31,7-9-27)15-26-10-11-28(21(4)29)17-25(32,16-26)18-34-22-13-19(2)12-20(3)14-22/h12-14,31-32H,5-11,15-18H2,1-4H3/t25-/m1/s1. The maximum atomic E-state index is 12.2. The summed E-state index contributed by atoms with van der Waals surface area (Å²) in [5.74, 6) is 0.578. The van der Waals surface area contributed by atoms with Crippen molar-refractivity contribution in [2.45, 2.75) is 51.7 Å². The van der Waals surface area contributed by atoms with E-state index in [9.17, 15) is 19.8 Å². The van der Waals surface area contributed by atoms with E-state index in [-0.39, 0.29) is 31.7 Å². The second-order valence-corrected chi connectivity index (χ2v) is 9.90. The van der Waals surface area contributed by atoms with Gasteiger partial charge >= 0.3 is 6.09 Å². The molecule has 2 heterocycles.